The van der Waals surface area contributed by atoms with Gasteiger partial charge < -0.3 is 15.8 Å². The van der Waals surface area contributed by atoms with Gasteiger partial charge in [-0.05, 0) is 58.7 Å². The molecule has 5 heteroatoms. The van der Waals surface area contributed by atoms with Gasteiger partial charge in [-0.1, -0.05) is 23.7 Å². The summed E-state index contributed by atoms with van der Waals surface area (Å²) >= 11 is 9.43. The van der Waals surface area contributed by atoms with E-state index in [9.17, 15) is 0 Å². The summed E-state index contributed by atoms with van der Waals surface area (Å²) in [5, 5.41) is 4.10. The Morgan fingerprint density at radius 3 is 2.76 bits per heavy atom. The van der Waals surface area contributed by atoms with Crippen molar-refractivity contribution in [2.24, 2.45) is 5.73 Å². The maximum atomic E-state index is 6.01. The fourth-order valence-corrected chi connectivity index (χ4v) is 2.55. The van der Waals surface area contributed by atoms with Crippen LogP contribution in [0.25, 0.3) is 0 Å². The quantitative estimate of drug-likeness (QED) is 0.781. The highest BCUT2D eigenvalue weighted by molar-refractivity contribution is 9.10. The van der Waals surface area contributed by atoms with Crippen LogP contribution >= 0.6 is 27.5 Å². The summed E-state index contributed by atoms with van der Waals surface area (Å²) in [5.74, 6) is 0.854. The van der Waals surface area contributed by atoms with Crippen molar-refractivity contribution in [2.75, 3.05) is 18.5 Å². The second-order valence-electron chi connectivity index (χ2n) is 4.57. The van der Waals surface area contributed by atoms with E-state index in [0.717, 1.165) is 21.5 Å². The van der Waals surface area contributed by atoms with Crippen LogP contribution in [0.1, 0.15) is 18.5 Å². The number of ether oxygens (including phenoxy) is 1. The van der Waals surface area contributed by atoms with Crippen LogP contribution in [0.15, 0.2) is 46.9 Å². The molecular weight excluding hydrogens is 352 g/mol. The third kappa shape index (κ3) is 4.37. The van der Waals surface area contributed by atoms with Crippen LogP contribution in [-0.2, 0) is 0 Å². The molecule has 2 aromatic rings. The molecule has 1 unspecified atom stereocenters. The van der Waals surface area contributed by atoms with Crippen LogP contribution in [-0.4, -0.2) is 13.2 Å². The first kappa shape index (κ1) is 16.1. The van der Waals surface area contributed by atoms with Crippen LogP contribution < -0.4 is 15.8 Å². The molecule has 0 amide bonds. The van der Waals surface area contributed by atoms with Crippen molar-refractivity contribution < 1.29 is 4.74 Å². The summed E-state index contributed by atoms with van der Waals surface area (Å²) in [6.45, 7) is 3.10. The molecule has 112 valence electrons. The molecule has 3 N–H and O–H groups in total. The summed E-state index contributed by atoms with van der Waals surface area (Å²) < 4.78 is 6.39. The fourth-order valence-electron chi connectivity index (χ4n) is 2.05. The highest BCUT2D eigenvalue weighted by Gasteiger charge is 2.11. The van der Waals surface area contributed by atoms with Gasteiger partial charge >= 0.3 is 0 Å². The molecule has 0 spiro atoms. The van der Waals surface area contributed by atoms with E-state index in [1.54, 1.807) is 0 Å². The molecular formula is C16H18BrClN2O. The highest BCUT2D eigenvalue weighted by atomic mass is 79.9. The van der Waals surface area contributed by atoms with Gasteiger partial charge in [0, 0.05) is 16.7 Å². The van der Waals surface area contributed by atoms with E-state index in [-0.39, 0.29) is 6.04 Å². The number of nitrogens with two attached hydrogens (primary N) is 1. The lowest BCUT2D eigenvalue weighted by molar-refractivity contribution is 0.339. The van der Waals surface area contributed by atoms with E-state index in [1.807, 2.05) is 49.4 Å². The molecule has 0 aromatic heterocycles. The lowest BCUT2D eigenvalue weighted by Gasteiger charge is -2.19. The number of anilines is 1. The Labute approximate surface area is 138 Å². The molecule has 0 radical (unpaired) electrons. The molecule has 0 aliphatic rings. The summed E-state index contributed by atoms with van der Waals surface area (Å²) in [4.78, 5) is 0. The summed E-state index contributed by atoms with van der Waals surface area (Å²) in [7, 11) is 0. The molecule has 2 aromatic carbocycles. The van der Waals surface area contributed by atoms with Crippen LogP contribution in [0, 0.1) is 0 Å². The monoisotopic (exact) mass is 368 g/mol. The van der Waals surface area contributed by atoms with Crippen molar-refractivity contribution >= 4 is 33.2 Å². The van der Waals surface area contributed by atoms with Gasteiger partial charge in [0.25, 0.3) is 0 Å². The van der Waals surface area contributed by atoms with Gasteiger partial charge in [-0.25, -0.2) is 0 Å². The lowest BCUT2D eigenvalue weighted by Crippen LogP contribution is -2.20. The van der Waals surface area contributed by atoms with Crippen LogP contribution in [0.5, 0.6) is 5.75 Å². The van der Waals surface area contributed by atoms with Gasteiger partial charge in [-0.15, -0.1) is 0 Å². The Kier molecular flexibility index (Phi) is 5.91. The first-order valence-corrected chi connectivity index (χ1v) is 7.95. The van der Waals surface area contributed by atoms with Gasteiger partial charge in [0.2, 0.25) is 0 Å². The van der Waals surface area contributed by atoms with Gasteiger partial charge in [0.05, 0.1) is 17.7 Å². The summed E-state index contributed by atoms with van der Waals surface area (Å²) in [6, 6.07) is 13.7. The standard InChI is InChI=1S/C16H18BrClN2O/c1-2-21-13-5-3-4-11(8-13)16(10-19)20-12-6-7-15(18)14(17)9-12/h3-9,16,20H,2,10,19H2,1H3. The van der Waals surface area contributed by atoms with E-state index in [4.69, 9.17) is 22.1 Å². The average Bonchev–Trinajstić information content (AvgIpc) is 2.49. The fraction of sp³-hybridized carbons (Fsp3) is 0.250. The molecule has 0 aliphatic carbocycles. The number of rotatable bonds is 6. The van der Waals surface area contributed by atoms with Crippen LogP contribution in [0.2, 0.25) is 5.02 Å². The third-order valence-electron chi connectivity index (χ3n) is 3.07. The second kappa shape index (κ2) is 7.69. The number of nitrogens with one attached hydrogen (secondary N) is 1. The maximum Gasteiger partial charge on any atom is 0.119 e. The molecule has 21 heavy (non-hydrogen) atoms. The van der Waals surface area contributed by atoms with Gasteiger partial charge in [0.15, 0.2) is 0 Å². The normalized spacial score (nSPS) is 12.0. The zero-order valence-electron chi connectivity index (χ0n) is 11.8. The molecule has 2 rings (SSSR count). The van der Waals surface area contributed by atoms with Crippen molar-refractivity contribution in [3.8, 4) is 5.75 Å². The lowest BCUT2D eigenvalue weighted by atomic mass is 10.1. The van der Waals surface area contributed by atoms with Crippen molar-refractivity contribution in [3.05, 3.63) is 57.5 Å². The average molecular weight is 370 g/mol. The Morgan fingerprint density at radius 2 is 2.10 bits per heavy atom. The van der Waals surface area contributed by atoms with E-state index < -0.39 is 0 Å². The number of benzene rings is 2. The van der Waals surface area contributed by atoms with E-state index in [2.05, 4.69) is 21.2 Å². The predicted octanol–water partition coefficient (Wildman–Crippen LogP) is 4.61. The Morgan fingerprint density at radius 1 is 1.29 bits per heavy atom. The van der Waals surface area contributed by atoms with Crippen molar-refractivity contribution in [2.45, 2.75) is 13.0 Å². The largest absolute Gasteiger partial charge is 0.494 e. The molecule has 0 bridgehead atoms. The molecule has 0 aliphatic heterocycles. The molecule has 3 nitrogen and oxygen atoms in total. The SMILES string of the molecule is CCOc1cccc(C(CN)Nc2ccc(Cl)c(Br)c2)c1. The zero-order valence-corrected chi connectivity index (χ0v) is 14.1. The minimum Gasteiger partial charge on any atom is -0.494 e. The number of hydrogen-bond acceptors (Lipinski definition) is 3. The van der Waals surface area contributed by atoms with E-state index >= 15 is 0 Å². The molecule has 0 saturated carbocycles. The first-order valence-electron chi connectivity index (χ1n) is 6.78. The minimum absolute atomic E-state index is 0.0125. The van der Waals surface area contributed by atoms with Gasteiger partial charge in [-0.3, -0.25) is 0 Å². The van der Waals surface area contributed by atoms with E-state index in [0.29, 0.717) is 18.2 Å². The predicted molar refractivity (Wildman–Crippen MR) is 92.2 cm³/mol. The maximum absolute atomic E-state index is 6.01. The minimum atomic E-state index is 0.0125. The highest BCUT2D eigenvalue weighted by Crippen LogP contribution is 2.28. The van der Waals surface area contributed by atoms with Crippen LogP contribution in [0.3, 0.4) is 0 Å². The number of hydrogen-bond donors (Lipinski definition) is 2. The van der Waals surface area contributed by atoms with Gasteiger partial charge in [0.1, 0.15) is 5.75 Å². The smallest absolute Gasteiger partial charge is 0.119 e. The Balaban J connectivity index is 2.19. The first-order chi connectivity index (χ1) is 10.1. The topological polar surface area (TPSA) is 47.3 Å². The van der Waals surface area contributed by atoms with Crippen molar-refractivity contribution in [1.82, 2.24) is 0 Å². The Bertz CT molecular complexity index is 607. The van der Waals surface area contributed by atoms with E-state index in [1.165, 1.54) is 0 Å². The Hall–Kier alpha value is -1.23. The van der Waals surface area contributed by atoms with Gasteiger partial charge in [-0.2, -0.15) is 0 Å². The molecule has 1 atom stereocenters. The zero-order chi connectivity index (χ0) is 15.2. The summed E-state index contributed by atoms with van der Waals surface area (Å²) in [5.41, 5.74) is 7.96. The summed E-state index contributed by atoms with van der Waals surface area (Å²) in [6.07, 6.45) is 0. The number of halogens is 2. The molecule has 0 heterocycles. The third-order valence-corrected chi connectivity index (χ3v) is 4.28. The van der Waals surface area contributed by atoms with Crippen LogP contribution in [0.4, 0.5) is 5.69 Å². The molecule has 0 fully saturated rings. The van der Waals surface area contributed by atoms with Crippen molar-refractivity contribution in [3.63, 3.8) is 0 Å². The second-order valence-corrected chi connectivity index (χ2v) is 5.83. The van der Waals surface area contributed by atoms with Crippen molar-refractivity contribution in [1.29, 1.82) is 0 Å². The molecule has 0 saturated heterocycles.